The average molecular weight is 281 g/mol. The lowest BCUT2D eigenvalue weighted by Gasteiger charge is -2.05. The number of nitrogens with two attached hydrogens (primary N) is 1. The van der Waals surface area contributed by atoms with Crippen molar-refractivity contribution in [2.24, 2.45) is 0 Å². The monoisotopic (exact) mass is 281 g/mol. The highest BCUT2D eigenvalue weighted by Crippen LogP contribution is 2.17. The summed E-state index contributed by atoms with van der Waals surface area (Å²) in [5.41, 5.74) is 5.55. The van der Waals surface area contributed by atoms with E-state index in [1.807, 2.05) is 0 Å². The second kappa shape index (κ2) is 5.00. The Bertz CT molecular complexity index is 592. The number of hydrogen-bond acceptors (Lipinski definition) is 7. The Kier molecular flexibility index (Phi) is 4.09. The largest absolute Gasteiger partial charge is 0.414 e. The molecule has 0 saturated heterocycles. The van der Waals surface area contributed by atoms with Gasteiger partial charge in [0.1, 0.15) is 0 Å². The van der Waals surface area contributed by atoms with Gasteiger partial charge in [-0.25, -0.2) is 4.18 Å². The van der Waals surface area contributed by atoms with Crippen LogP contribution in [0.4, 0.5) is 5.69 Å². The fourth-order valence-corrected chi connectivity index (χ4v) is 3.15. The Morgan fingerprint density at radius 1 is 1.24 bits per heavy atom. The van der Waals surface area contributed by atoms with E-state index in [1.54, 1.807) is 0 Å². The lowest BCUT2D eigenvalue weighted by atomic mass is 10.3. The third kappa shape index (κ3) is 3.97. The number of rotatable bonds is 5. The van der Waals surface area contributed by atoms with Crippen molar-refractivity contribution in [1.29, 1.82) is 0 Å². The zero-order valence-electron chi connectivity index (χ0n) is 8.86. The first-order valence-corrected chi connectivity index (χ1v) is 7.22. The summed E-state index contributed by atoms with van der Waals surface area (Å²) in [5, 5.41) is 0. The van der Waals surface area contributed by atoms with E-state index in [0.717, 1.165) is 12.1 Å². The van der Waals surface area contributed by atoms with Crippen molar-refractivity contribution < 1.29 is 24.6 Å². The van der Waals surface area contributed by atoms with Gasteiger partial charge in [-0.15, -0.1) is 3.63 Å². The summed E-state index contributed by atoms with van der Waals surface area (Å²) >= 11 is 0. The van der Waals surface area contributed by atoms with Gasteiger partial charge in [0.15, 0.2) is 0 Å². The fourth-order valence-electron chi connectivity index (χ4n) is 0.983. The molecule has 0 bridgehead atoms. The highest BCUT2D eigenvalue weighted by Gasteiger charge is 2.25. The molecule has 0 fully saturated rings. The molecule has 0 aliphatic rings. The summed E-state index contributed by atoms with van der Waals surface area (Å²) in [6.07, 6.45) is 0. The second-order valence-corrected chi connectivity index (χ2v) is 5.89. The van der Waals surface area contributed by atoms with E-state index in [4.69, 9.17) is 5.73 Å². The molecule has 0 amide bonds. The molecule has 0 unspecified atom stereocenters. The van der Waals surface area contributed by atoms with Crippen LogP contribution in [0.2, 0.25) is 0 Å². The molecule has 1 aromatic carbocycles. The highest BCUT2D eigenvalue weighted by molar-refractivity contribution is 7.97. The first kappa shape index (κ1) is 13.9. The van der Waals surface area contributed by atoms with Gasteiger partial charge in [-0.05, 0) is 25.1 Å². The smallest absolute Gasteiger partial charge is 0.399 e. The lowest BCUT2D eigenvalue weighted by Crippen LogP contribution is -2.16. The van der Waals surface area contributed by atoms with Crippen LogP contribution in [0.15, 0.2) is 29.2 Å². The molecule has 17 heavy (non-hydrogen) atoms. The van der Waals surface area contributed by atoms with Crippen LogP contribution >= 0.6 is 0 Å². The Hall–Kier alpha value is -1.16. The number of benzene rings is 1. The van der Waals surface area contributed by atoms with Crippen molar-refractivity contribution in [3.63, 3.8) is 0 Å². The summed E-state index contributed by atoms with van der Waals surface area (Å²) in [4.78, 5) is -0.360. The molecule has 0 aliphatic carbocycles. The summed E-state index contributed by atoms with van der Waals surface area (Å²) in [5.74, 6) is 0. The van der Waals surface area contributed by atoms with Crippen LogP contribution in [0.25, 0.3) is 0 Å². The lowest BCUT2D eigenvalue weighted by molar-refractivity contribution is 0.289. The van der Waals surface area contributed by atoms with Gasteiger partial charge < -0.3 is 5.73 Å². The SMILES string of the molecule is CCOS(=O)(=O)OS(=O)(=O)c1cccc(N)c1. The minimum atomic E-state index is -4.58. The molecule has 0 radical (unpaired) electrons. The molecule has 0 heterocycles. The van der Waals surface area contributed by atoms with E-state index in [0.29, 0.717) is 0 Å². The van der Waals surface area contributed by atoms with Gasteiger partial charge in [0.05, 0.1) is 11.5 Å². The van der Waals surface area contributed by atoms with E-state index in [1.165, 1.54) is 19.1 Å². The summed E-state index contributed by atoms with van der Waals surface area (Å²) in [7, 11) is -9.03. The van der Waals surface area contributed by atoms with Gasteiger partial charge in [-0.2, -0.15) is 16.8 Å². The quantitative estimate of drug-likeness (QED) is 0.770. The van der Waals surface area contributed by atoms with Crippen LogP contribution < -0.4 is 5.73 Å². The van der Waals surface area contributed by atoms with E-state index in [2.05, 4.69) is 7.81 Å². The van der Waals surface area contributed by atoms with Crippen LogP contribution in [0, 0.1) is 0 Å². The molecule has 0 atom stereocenters. The molecular weight excluding hydrogens is 270 g/mol. The van der Waals surface area contributed by atoms with Crippen molar-refractivity contribution in [2.45, 2.75) is 11.8 Å². The van der Waals surface area contributed by atoms with Gasteiger partial charge in [0.2, 0.25) is 0 Å². The highest BCUT2D eigenvalue weighted by atomic mass is 32.3. The van der Waals surface area contributed by atoms with E-state index in [9.17, 15) is 16.8 Å². The number of hydrogen-bond donors (Lipinski definition) is 1. The topological polar surface area (TPSA) is 113 Å². The third-order valence-corrected chi connectivity index (χ3v) is 4.32. The fraction of sp³-hybridized carbons (Fsp3) is 0.250. The van der Waals surface area contributed by atoms with Crippen LogP contribution in [0.5, 0.6) is 0 Å². The molecule has 1 rings (SSSR count). The Balaban J connectivity index is 3.06. The summed E-state index contributed by atoms with van der Waals surface area (Å²) in [6, 6.07) is 5.05. The maximum atomic E-state index is 11.5. The molecule has 0 saturated carbocycles. The van der Waals surface area contributed by atoms with Crippen molar-refractivity contribution >= 4 is 26.2 Å². The van der Waals surface area contributed by atoms with E-state index >= 15 is 0 Å². The summed E-state index contributed by atoms with van der Waals surface area (Å²) < 4.78 is 53.3. The van der Waals surface area contributed by atoms with Crippen molar-refractivity contribution in [3.05, 3.63) is 24.3 Å². The molecule has 2 N–H and O–H groups in total. The molecule has 0 aromatic heterocycles. The van der Waals surface area contributed by atoms with Gasteiger partial charge in [-0.1, -0.05) is 6.07 Å². The minimum Gasteiger partial charge on any atom is -0.399 e. The summed E-state index contributed by atoms with van der Waals surface area (Å²) in [6.45, 7) is 1.16. The average Bonchev–Trinajstić information content (AvgIpc) is 2.15. The Labute approximate surface area is 99.6 Å². The van der Waals surface area contributed by atoms with Crippen LogP contribution in [0.3, 0.4) is 0 Å². The Morgan fingerprint density at radius 3 is 2.41 bits per heavy atom. The van der Waals surface area contributed by atoms with Crippen molar-refractivity contribution in [1.82, 2.24) is 0 Å². The number of anilines is 1. The predicted octanol–water partition coefficient (Wildman–Crippen LogP) is 0.255. The molecule has 96 valence electrons. The van der Waals surface area contributed by atoms with Crippen LogP contribution in [0.1, 0.15) is 6.92 Å². The first-order valence-electron chi connectivity index (χ1n) is 4.48. The molecule has 0 aliphatic heterocycles. The van der Waals surface area contributed by atoms with Gasteiger partial charge in [-0.3, -0.25) is 0 Å². The standard InChI is InChI=1S/C8H11NO6S2/c1-2-14-17(12,13)15-16(10,11)8-5-3-4-7(9)6-8/h3-6H,2,9H2,1H3. The first-order chi connectivity index (χ1) is 7.77. The molecule has 1 aromatic rings. The third-order valence-electron chi connectivity index (χ3n) is 1.58. The second-order valence-electron chi connectivity index (χ2n) is 2.91. The minimum absolute atomic E-state index is 0.170. The van der Waals surface area contributed by atoms with E-state index in [-0.39, 0.29) is 17.2 Å². The Morgan fingerprint density at radius 2 is 1.88 bits per heavy atom. The zero-order chi connectivity index (χ0) is 13.1. The van der Waals surface area contributed by atoms with Gasteiger partial charge in [0, 0.05) is 5.69 Å². The normalized spacial score (nSPS) is 12.5. The number of nitrogen functional groups attached to an aromatic ring is 1. The molecule has 7 nitrogen and oxygen atoms in total. The predicted molar refractivity (Wildman–Crippen MR) is 59.7 cm³/mol. The van der Waals surface area contributed by atoms with Crippen LogP contribution in [-0.4, -0.2) is 23.4 Å². The van der Waals surface area contributed by atoms with Gasteiger partial charge >= 0.3 is 20.5 Å². The maximum Gasteiger partial charge on any atom is 0.414 e. The molecule has 0 spiro atoms. The molecular formula is C8H11NO6S2. The zero-order valence-corrected chi connectivity index (χ0v) is 10.5. The van der Waals surface area contributed by atoms with E-state index < -0.39 is 20.5 Å². The van der Waals surface area contributed by atoms with Gasteiger partial charge in [0.25, 0.3) is 0 Å². The van der Waals surface area contributed by atoms with Crippen molar-refractivity contribution in [3.8, 4) is 0 Å². The molecule has 9 heteroatoms. The van der Waals surface area contributed by atoms with Crippen molar-refractivity contribution in [2.75, 3.05) is 12.3 Å². The maximum absolute atomic E-state index is 11.5. The van der Waals surface area contributed by atoms with Crippen LogP contribution in [-0.2, 0) is 28.3 Å².